The summed E-state index contributed by atoms with van der Waals surface area (Å²) in [5.41, 5.74) is 38.3. The second-order valence-corrected chi connectivity index (χ2v) is 64.7. The zero-order valence-electron chi connectivity index (χ0n) is 84.4. The van der Waals surface area contributed by atoms with Crippen molar-refractivity contribution in [1.29, 1.82) is 0 Å². The zero-order chi connectivity index (χ0) is 105. The van der Waals surface area contributed by atoms with Gasteiger partial charge in [0, 0.05) is 200 Å². The highest BCUT2D eigenvalue weighted by atomic mass is 31.2. The fraction of sp³-hybridized carbons (Fsp3) is 0.757. The first-order valence-corrected chi connectivity index (χ1v) is 74.2. The van der Waals surface area contributed by atoms with Crippen LogP contribution in [0.4, 0.5) is 0 Å². The Hall–Kier alpha value is -0.360. The lowest BCUT2D eigenvalue weighted by atomic mass is 10.2. The quantitative estimate of drug-likeness (QED) is 0.0185. The van der Waals surface area contributed by atoms with Gasteiger partial charge in [0.2, 0.25) is 44.7 Å². The minimum atomic E-state index is -3.07. The van der Waals surface area contributed by atoms with Gasteiger partial charge in [0.25, 0.3) is 22.6 Å². The van der Waals surface area contributed by atoms with E-state index in [9.17, 15) is 63.9 Å². The molecule has 133 heavy (non-hydrogen) atoms. The number of methoxy groups -OCH3 is 3. The van der Waals surface area contributed by atoms with E-state index in [2.05, 4.69) is 76.6 Å². The Balaban J connectivity index is -0.000000180. The van der Waals surface area contributed by atoms with Crippen LogP contribution in [0, 0.1) is 0 Å². The molecule has 0 bridgehead atoms. The van der Waals surface area contributed by atoms with Crippen LogP contribution in [-0.4, -0.2) is 303 Å². The van der Waals surface area contributed by atoms with E-state index in [0.717, 1.165) is 81.8 Å². The topological polar surface area (TPSA) is 698 Å². The van der Waals surface area contributed by atoms with Crippen molar-refractivity contribution in [3.63, 3.8) is 0 Å². The summed E-state index contributed by atoms with van der Waals surface area (Å²) in [7, 11) is -28.7. The molecule has 5 unspecified atom stereocenters. The Bertz CT molecular complexity index is 3720. The SMILES string of the molecule is CCNP(C)(=O)NCC.CCNP(C)(=O)OCC.CCNP(C)(C)=O.CCOP(C)(N)=O.COCCNP(C)(=O)NCCOC.COCCNP(C)(C)=O.CP(=O)(OCCOCCO)OCCOCCO.CP(C)(N)=O.CP(N)(=O)Cc1ccccc1.CP(N)(=O)NCc1ccccc1.CP(N)(=O)OCc1ccccc1.CP(N)(N)=O.CP1(=O)NCCCCN1.CP1(=O)NCCCN1. The third kappa shape index (κ3) is 155. The van der Waals surface area contributed by atoms with Crippen molar-refractivity contribution in [2.75, 3.05) is 293 Å². The largest absolute Gasteiger partial charge is 0.394 e. The number of nitrogens with two attached hydrogens (primary N) is 7. The number of nitrogens with one attached hydrogen (secondary N) is 12. The lowest BCUT2D eigenvalue weighted by Crippen LogP contribution is -2.30. The fourth-order valence-corrected chi connectivity index (χ4v) is 19.0. The van der Waals surface area contributed by atoms with Gasteiger partial charge >= 0.3 is 7.60 Å². The first kappa shape index (κ1) is 150. The van der Waals surface area contributed by atoms with Crippen molar-refractivity contribution in [2.24, 2.45) is 38.5 Å². The molecular weight excluding hydrogens is 2000 g/mol. The molecule has 2 saturated heterocycles. The molecule has 0 spiro atoms. The molecule has 2 aliphatic rings. The Morgan fingerprint density at radius 1 is 0.368 bits per heavy atom. The highest BCUT2D eigenvalue weighted by molar-refractivity contribution is 7.62. The van der Waals surface area contributed by atoms with Gasteiger partial charge in [0.15, 0.2) is 0 Å². The number of hydrogen-bond acceptors (Lipinski definition) is 26. The molecular formula is C74H181N19O26P14. The summed E-state index contributed by atoms with van der Waals surface area (Å²) >= 11 is 0. The van der Waals surface area contributed by atoms with E-state index < -0.39 is 104 Å². The Morgan fingerprint density at radius 3 is 0.947 bits per heavy atom. The smallest absolute Gasteiger partial charge is 0.327 e. The molecule has 5 rings (SSSR count). The monoisotopic (exact) mass is 2190 g/mol. The molecule has 5 atom stereocenters. The minimum Gasteiger partial charge on any atom is -0.394 e. The molecule has 0 amide bonds. The summed E-state index contributed by atoms with van der Waals surface area (Å²) in [6, 6.07) is 28.9. The maximum atomic E-state index is 11.6. The first-order chi connectivity index (χ1) is 60.8. The third-order valence-corrected chi connectivity index (χ3v) is 28.2. The van der Waals surface area contributed by atoms with Gasteiger partial charge in [-0.2, -0.15) is 0 Å². The third-order valence-electron chi connectivity index (χ3n) is 13.2. The molecule has 0 aromatic heterocycles. The molecule has 28 N–H and O–H groups in total. The van der Waals surface area contributed by atoms with Crippen molar-refractivity contribution in [3.05, 3.63) is 108 Å². The van der Waals surface area contributed by atoms with Gasteiger partial charge in [0.05, 0.1) is 92.5 Å². The van der Waals surface area contributed by atoms with Crippen LogP contribution in [0.15, 0.2) is 91.0 Å². The molecule has 0 aliphatic carbocycles. The molecule has 2 fully saturated rings. The highest BCUT2D eigenvalue weighted by Crippen LogP contribution is 2.44. The van der Waals surface area contributed by atoms with Crippen molar-refractivity contribution < 1.29 is 120 Å². The van der Waals surface area contributed by atoms with E-state index in [-0.39, 0.29) is 52.9 Å². The van der Waals surface area contributed by atoms with E-state index in [0.29, 0.717) is 78.5 Å². The Labute approximate surface area is 799 Å². The molecule has 3 aromatic rings. The second-order valence-electron chi connectivity index (χ2n) is 30.3. The van der Waals surface area contributed by atoms with Crippen LogP contribution in [0.3, 0.4) is 0 Å². The standard InChI is InChI=1S/C9H21O7P.C8H13N2OP.C8H12NO2P.C8H12NOP.C7H19N2O3P.C5H13N2OP.C5H15N2OP.2C5H14NO2P.C4H11N2OP.C4H12NOP.C3H10NO2P.C2H8NOP.CH7N2OP/c1-17(12,15-8-6-13-4-2-10)16-9-7-14-5-3-11;1-12(9,11)10-7-8-5-3-2-4-6-8;1-12(9,10)11-7-8-5-3-2-4-6-8;1-11(9,10)7-8-5-3-2-4-6-8;1-11-6-4-8-13(3,10)9-5-7-12-2;1-9(8)6-4-2-3-5-7-9;1-4-6-9(3,8)7-5-2;1-8-5-4-6-9(2,3)7;1-4-6-9(3,7)8-5-2;1-8(7)5-3-2-4-6-8;1-4-5-7(2,3)6;1-3-6-7(2,4)5;2*1-5(2,3)4/h10-11H,2-9H2,1H3;2-6H,7H2,1H3,(H3,9,10,11);2-6H,7H2,1H3,(H2,9,10);2-6H,7H2,1H3,(H2,9,10);4-7H2,1-3H3,(H2,8,9,10);2-5H2,1H3,(H2,6,7,8);4-5H2,1-3H3,(H2,6,7,8);2*4-5H2,1-3H3,(H,6,7);2-4H2,1H3,(H2,5,6,7);4H2,1-3H3,(H,5,6);3H2,1-2H3,(H2,4,5);1-2H3,(H2,3,4);1H3,(H4,2,3,4). The average molecular weight is 2190 g/mol. The molecule has 45 nitrogen and oxygen atoms in total. The summed E-state index contributed by atoms with van der Waals surface area (Å²) in [5.74, 6) is 0. The van der Waals surface area contributed by atoms with Crippen LogP contribution in [0.25, 0.3) is 0 Å². The fourth-order valence-electron chi connectivity index (χ4n) is 8.15. The van der Waals surface area contributed by atoms with Crippen molar-refractivity contribution in [3.8, 4) is 0 Å². The summed E-state index contributed by atoms with van der Waals surface area (Å²) in [6.45, 7) is 51.2. The van der Waals surface area contributed by atoms with Gasteiger partial charge in [-0.3, -0.25) is 140 Å². The van der Waals surface area contributed by atoms with Crippen LogP contribution >= 0.6 is 104 Å². The van der Waals surface area contributed by atoms with Gasteiger partial charge in [-0.05, 0) is 69.4 Å². The van der Waals surface area contributed by atoms with Crippen molar-refractivity contribution >= 4 is 104 Å². The van der Waals surface area contributed by atoms with Crippen LogP contribution in [-0.2, 0) is 130 Å². The lowest BCUT2D eigenvalue weighted by Gasteiger charge is -2.20. The maximum Gasteiger partial charge on any atom is 0.327 e. The van der Waals surface area contributed by atoms with Crippen LogP contribution in [0.1, 0.15) is 77.5 Å². The molecule has 0 saturated carbocycles. The van der Waals surface area contributed by atoms with Gasteiger partial charge in [-0.25, -0.2) is 5.09 Å². The molecule has 2 aliphatic heterocycles. The van der Waals surface area contributed by atoms with Crippen molar-refractivity contribution in [2.45, 2.75) is 80.1 Å². The number of aliphatic hydroxyl groups excluding tert-OH is 2. The van der Waals surface area contributed by atoms with Crippen molar-refractivity contribution in [1.82, 2.24) is 61.0 Å². The van der Waals surface area contributed by atoms with Gasteiger partial charge < -0.3 is 74.8 Å². The molecule has 59 heteroatoms. The summed E-state index contributed by atoms with van der Waals surface area (Å²) in [6.07, 6.45) is 3.83. The van der Waals surface area contributed by atoms with Gasteiger partial charge in [0.1, 0.15) is 29.2 Å². The molecule has 3 aromatic carbocycles. The zero-order valence-corrected chi connectivity index (χ0v) is 96.9. The molecule has 0 radical (unpaired) electrons. The summed E-state index contributed by atoms with van der Waals surface area (Å²) < 4.78 is 201. The number of hydrogen-bond donors (Lipinski definition) is 21. The van der Waals surface area contributed by atoms with E-state index in [1.54, 1.807) is 94.9 Å². The Morgan fingerprint density at radius 2 is 0.677 bits per heavy atom. The van der Waals surface area contributed by atoms with Gasteiger partial charge in [-0.15, -0.1) is 0 Å². The Kier molecular flexibility index (Phi) is 99.7. The second kappa shape index (κ2) is 88.2. The molecule has 798 valence electrons. The summed E-state index contributed by atoms with van der Waals surface area (Å²) in [5, 5.41) is 51.3. The van der Waals surface area contributed by atoms with E-state index in [1.807, 2.05) is 126 Å². The van der Waals surface area contributed by atoms with Crippen LogP contribution in [0.5, 0.6) is 0 Å². The van der Waals surface area contributed by atoms with Crippen LogP contribution < -0.4 is 99.6 Å². The lowest BCUT2D eigenvalue weighted by molar-refractivity contribution is 0.0535. The summed E-state index contributed by atoms with van der Waals surface area (Å²) in [4.78, 5) is 0. The van der Waals surface area contributed by atoms with Gasteiger partial charge in [-0.1, -0.05) is 119 Å². The highest BCUT2D eigenvalue weighted by Gasteiger charge is 2.20. The number of ether oxygens (including phenoxy) is 5. The van der Waals surface area contributed by atoms with Crippen LogP contribution in [0.2, 0.25) is 0 Å². The maximum absolute atomic E-state index is 11.6. The predicted molar refractivity (Wildman–Crippen MR) is 562 cm³/mol. The normalized spacial score (nSPS) is 15.6. The van der Waals surface area contributed by atoms with E-state index in [1.165, 1.54) is 46.7 Å². The predicted octanol–water partition coefficient (Wildman–Crippen LogP) is 12.3. The number of aliphatic hydroxyl groups is 2. The number of benzene rings is 3. The first-order valence-electron chi connectivity index (χ1n) is 42.5. The average Bonchev–Trinajstić information content (AvgIpc) is 1.94. The van der Waals surface area contributed by atoms with E-state index in [4.69, 9.17) is 79.5 Å². The number of rotatable bonds is 44. The van der Waals surface area contributed by atoms with E-state index >= 15 is 0 Å². The minimum absolute atomic E-state index is 0.0531. The molecule has 2 heterocycles.